The number of nitrogens with zero attached hydrogens (tertiary/aromatic N) is 1. The van der Waals surface area contributed by atoms with Crippen molar-refractivity contribution in [1.82, 2.24) is 5.32 Å². The van der Waals surface area contributed by atoms with Gasteiger partial charge in [0.25, 0.3) is 0 Å². The second kappa shape index (κ2) is 8.21. The summed E-state index contributed by atoms with van der Waals surface area (Å²) in [4.78, 5) is 2.37. The van der Waals surface area contributed by atoms with E-state index in [1.165, 1.54) is 36.1 Å². The van der Waals surface area contributed by atoms with Crippen molar-refractivity contribution < 1.29 is 0 Å². The third kappa shape index (κ3) is 5.65. The van der Waals surface area contributed by atoms with Gasteiger partial charge < -0.3 is 10.2 Å². The van der Waals surface area contributed by atoms with E-state index in [-0.39, 0.29) is 0 Å². The van der Waals surface area contributed by atoms with Gasteiger partial charge in [-0.25, -0.2) is 0 Å². The van der Waals surface area contributed by atoms with Crippen LogP contribution in [0.25, 0.3) is 0 Å². The molecule has 19 heavy (non-hydrogen) atoms. The summed E-state index contributed by atoms with van der Waals surface area (Å²) in [5.74, 6) is 0. The van der Waals surface area contributed by atoms with Crippen LogP contribution in [0, 0.1) is 13.8 Å². The van der Waals surface area contributed by atoms with Crippen LogP contribution in [-0.4, -0.2) is 26.2 Å². The minimum absolute atomic E-state index is 0.678. The lowest BCUT2D eigenvalue weighted by molar-refractivity contribution is 0.468. The summed E-state index contributed by atoms with van der Waals surface area (Å²) in [5, 5.41) is 3.55. The topological polar surface area (TPSA) is 15.3 Å². The highest BCUT2D eigenvalue weighted by Crippen LogP contribution is 2.18. The maximum Gasteiger partial charge on any atom is 0.0368 e. The van der Waals surface area contributed by atoms with Gasteiger partial charge in [-0.2, -0.15) is 0 Å². The van der Waals surface area contributed by atoms with Gasteiger partial charge in [0.05, 0.1) is 0 Å². The van der Waals surface area contributed by atoms with Crippen LogP contribution in [-0.2, 0) is 0 Å². The van der Waals surface area contributed by atoms with Gasteiger partial charge in [0, 0.05) is 25.3 Å². The zero-order chi connectivity index (χ0) is 14.3. The quantitative estimate of drug-likeness (QED) is 0.764. The lowest BCUT2D eigenvalue weighted by Crippen LogP contribution is -2.29. The third-order valence-corrected chi connectivity index (χ3v) is 3.68. The maximum absolute atomic E-state index is 3.55. The van der Waals surface area contributed by atoms with Gasteiger partial charge in [0.1, 0.15) is 0 Å². The zero-order valence-corrected chi connectivity index (χ0v) is 13.3. The summed E-state index contributed by atoms with van der Waals surface area (Å²) in [5.41, 5.74) is 4.04. The zero-order valence-electron chi connectivity index (χ0n) is 13.3. The molecule has 0 saturated carbocycles. The number of anilines is 1. The van der Waals surface area contributed by atoms with Crippen LogP contribution in [0.4, 0.5) is 5.69 Å². The molecular formula is C17H30N2. The molecule has 1 unspecified atom stereocenters. The van der Waals surface area contributed by atoms with Gasteiger partial charge in [0.2, 0.25) is 0 Å². The van der Waals surface area contributed by atoms with E-state index in [4.69, 9.17) is 0 Å². The molecule has 0 amide bonds. The van der Waals surface area contributed by atoms with Crippen LogP contribution >= 0.6 is 0 Å². The van der Waals surface area contributed by atoms with Gasteiger partial charge in [-0.1, -0.05) is 19.9 Å². The first-order chi connectivity index (χ1) is 9.06. The Morgan fingerprint density at radius 2 is 1.74 bits per heavy atom. The highest BCUT2D eigenvalue weighted by atomic mass is 15.1. The number of nitrogens with one attached hydrogen (secondary N) is 1. The van der Waals surface area contributed by atoms with Crippen molar-refractivity contribution >= 4 is 5.69 Å². The van der Waals surface area contributed by atoms with Crippen LogP contribution in [0.1, 0.15) is 44.2 Å². The van der Waals surface area contributed by atoms with Crippen molar-refractivity contribution in [3.63, 3.8) is 0 Å². The van der Waals surface area contributed by atoms with Crippen LogP contribution in [0.15, 0.2) is 18.2 Å². The van der Waals surface area contributed by atoms with E-state index in [0.717, 1.165) is 13.1 Å². The molecule has 2 heteroatoms. The molecule has 0 radical (unpaired) electrons. The Morgan fingerprint density at radius 3 is 2.26 bits per heavy atom. The number of benzene rings is 1. The molecule has 1 aromatic rings. The van der Waals surface area contributed by atoms with Crippen molar-refractivity contribution in [3.05, 3.63) is 29.3 Å². The average Bonchev–Trinajstić information content (AvgIpc) is 2.36. The molecule has 0 aliphatic rings. The molecule has 1 rings (SSSR count). The summed E-state index contributed by atoms with van der Waals surface area (Å²) in [6, 6.07) is 7.45. The van der Waals surface area contributed by atoms with Crippen molar-refractivity contribution in [2.24, 2.45) is 0 Å². The van der Waals surface area contributed by atoms with Gasteiger partial charge in [-0.15, -0.1) is 0 Å². The third-order valence-electron chi connectivity index (χ3n) is 3.68. The molecule has 0 aromatic heterocycles. The Bertz CT molecular complexity index is 353. The van der Waals surface area contributed by atoms with E-state index in [1.54, 1.807) is 0 Å². The lowest BCUT2D eigenvalue weighted by atomic mass is 10.1. The summed E-state index contributed by atoms with van der Waals surface area (Å²) in [6.45, 7) is 11.0. The highest BCUT2D eigenvalue weighted by molar-refractivity contribution is 5.50. The molecule has 0 heterocycles. The molecule has 0 bridgehead atoms. The fourth-order valence-corrected chi connectivity index (χ4v) is 2.61. The number of aryl methyl sites for hydroxylation is 2. The molecule has 0 fully saturated rings. The fraction of sp³-hybridized carbons (Fsp3) is 0.647. The second-order valence-electron chi connectivity index (χ2n) is 5.57. The Balaban J connectivity index is 2.44. The van der Waals surface area contributed by atoms with E-state index in [1.807, 2.05) is 0 Å². The van der Waals surface area contributed by atoms with Crippen LogP contribution < -0.4 is 10.2 Å². The molecular weight excluding hydrogens is 232 g/mol. The highest BCUT2D eigenvalue weighted by Gasteiger charge is 2.06. The van der Waals surface area contributed by atoms with Gasteiger partial charge >= 0.3 is 0 Å². The monoisotopic (exact) mass is 262 g/mol. The van der Waals surface area contributed by atoms with E-state index in [2.05, 4.69) is 63.2 Å². The van der Waals surface area contributed by atoms with Crippen LogP contribution in [0.5, 0.6) is 0 Å². The Hall–Kier alpha value is -1.02. The van der Waals surface area contributed by atoms with Crippen LogP contribution in [0.3, 0.4) is 0 Å². The number of hydrogen-bond donors (Lipinski definition) is 1. The lowest BCUT2D eigenvalue weighted by Gasteiger charge is -2.22. The fourth-order valence-electron chi connectivity index (χ4n) is 2.61. The molecule has 1 N–H and O–H groups in total. The molecule has 1 aromatic carbocycles. The standard InChI is InChI=1S/C17H30N2/c1-6-16(18-7-2)9-8-10-19(5)17-12-14(3)11-15(4)13-17/h11-13,16,18H,6-10H2,1-5H3. The summed E-state index contributed by atoms with van der Waals surface area (Å²) < 4.78 is 0. The van der Waals surface area contributed by atoms with E-state index < -0.39 is 0 Å². The molecule has 2 nitrogen and oxygen atoms in total. The maximum atomic E-state index is 3.55. The number of rotatable bonds is 8. The van der Waals surface area contributed by atoms with Gasteiger partial charge in [0.15, 0.2) is 0 Å². The SMILES string of the molecule is CCNC(CC)CCCN(C)c1cc(C)cc(C)c1. The normalized spacial score (nSPS) is 12.5. The Labute approximate surface area is 119 Å². The first-order valence-corrected chi connectivity index (χ1v) is 7.59. The van der Waals surface area contributed by atoms with Crippen molar-refractivity contribution in [2.45, 2.75) is 53.0 Å². The molecule has 0 spiro atoms. The number of hydrogen-bond acceptors (Lipinski definition) is 2. The van der Waals surface area contributed by atoms with Crippen molar-refractivity contribution in [3.8, 4) is 0 Å². The smallest absolute Gasteiger partial charge is 0.0368 e. The predicted molar refractivity (Wildman–Crippen MR) is 86.2 cm³/mol. The van der Waals surface area contributed by atoms with E-state index in [0.29, 0.717) is 6.04 Å². The minimum Gasteiger partial charge on any atom is -0.375 e. The first kappa shape index (κ1) is 16.0. The minimum atomic E-state index is 0.678. The average molecular weight is 262 g/mol. The summed E-state index contributed by atoms with van der Waals surface area (Å²) in [6.07, 6.45) is 3.73. The van der Waals surface area contributed by atoms with Crippen molar-refractivity contribution in [2.75, 3.05) is 25.0 Å². The second-order valence-corrected chi connectivity index (χ2v) is 5.57. The van der Waals surface area contributed by atoms with Gasteiger partial charge in [-0.05, 0) is 62.9 Å². The Kier molecular flexibility index (Phi) is 6.93. The molecule has 1 atom stereocenters. The largest absolute Gasteiger partial charge is 0.375 e. The van der Waals surface area contributed by atoms with Gasteiger partial charge in [-0.3, -0.25) is 0 Å². The van der Waals surface area contributed by atoms with E-state index >= 15 is 0 Å². The van der Waals surface area contributed by atoms with E-state index in [9.17, 15) is 0 Å². The summed E-state index contributed by atoms with van der Waals surface area (Å²) in [7, 11) is 2.20. The molecule has 0 saturated heterocycles. The molecule has 108 valence electrons. The first-order valence-electron chi connectivity index (χ1n) is 7.59. The van der Waals surface area contributed by atoms with Crippen molar-refractivity contribution in [1.29, 1.82) is 0 Å². The molecule has 0 aliphatic heterocycles. The molecule has 0 aliphatic carbocycles. The predicted octanol–water partition coefficient (Wildman–Crippen LogP) is 3.91. The Morgan fingerprint density at radius 1 is 1.11 bits per heavy atom. The van der Waals surface area contributed by atoms with Crippen LogP contribution in [0.2, 0.25) is 0 Å². The summed E-state index contributed by atoms with van der Waals surface area (Å²) >= 11 is 0.